The number of aldehydes is 1. The van der Waals surface area contributed by atoms with Crippen LogP contribution in [0.2, 0.25) is 0 Å². The minimum atomic E-state index is -0.456. The van der Waals surface area contributed by atoms with E-state index in [-0.39, 0.29) is 27.6 Å². The number of hydrogen-bond acceptors (Lipinski definition) is 2. The van der Waals surface area contributed by atoms with Crippen molar-refractivity contribution in [2.24, 2.45) is 0 Å². The average Bonchev–Trinajstić information content (AvgIpc) is 2.76. The number of hydrogen-bond donors (Lipinski definition) is 1. The predicted octanol–water partition coefficient (Wildman–Crippen LogP) is 9.83. The predicted molar refractivity (Wildman–Crippen MR) is 171 cm³/mol. The molecule has 0 atom stereocenters. The molecule has 37 heavy (non-hydrogen) atoms. The van der Waals surface area contributed by atoms with Crippen LogP contribution in [0.1, 0.15) is 89.4 Å². The monoisotopic (exact) mass is 733 g/mol. The van der Waals surface area contributed by atoms with Gasteiger partial charge in [0.25, 0.3) is 0 Å². The number of benzene rings is 3. The molecule has 0 heterocycles. The molecule has 6 heteroatoms. The molecule has 3 rings (SSSR count). The second kappa shape index (κ2) is 13.5. The van der Waals surface area contributed by atoms with Gasteiger partial charge in [0.2, 0.25) is 0 Å². The number of anilines is 1. The Hall–Kier alpha value is -1.55. The Bertz CT molecular complexity index is 1140. The Morgan fingerprint density at radius 3 is 1.38 bits per heavy atom. The van der Waals surface area contributed by atoms with Gasteiger partial charge in [0.15, 0.2) is 6.29 Å². The topological polar surface area (TPSA) is 43.1 Å². The zero-order chi connectivity index (χ0) is 28.8. The molecule has 3 aromatic rings. The summed E-state index contributed by atoms with van der Waals surface area (Å²) in [6, 6.07) is 16.1. The molecule has 0 bridgehead atoms. The van der Waals surface area contributed by atoms with Gasteiger partial charge in [0.1, 0.15) is 11.6 Å². The summed E-state index contributed by atoms with van der Waals surface area (Å²) in [7, 11) is 0. The van der Waals surface area contributed by atoms with E-state index in [2.05, 4.69) is 76.3 Å². The van der Waals surface area contributed by atoms with Gasteiger partial charge in [-0.1, -0.05) is 80.5 Å². The van der Waals surface area contributed by atoms with Crippen molar-refractivity contribution in [2.75, 3.05) is 5.73 Å². The molecule has 0 amide bonds. The Morgan fingerprint density at radius 2 is 1.00 bits per heavy atom. The highest BCUT2D eigenvalue weighted by Gasteiger charge is 2.16. The van der Waals surface area contributed by atoms with Gasteiger partial charge < -0.3 is 5.73 Å². The minimum Gasteiger partial charge on any atom is -0.398 e. The van der Waals surface area contributed by atoms with Crippen LogP contribution in [0.3, 0.4) is 0 Å². The van der Waals surface area contributed by atoms with E-state index in [1.807, 2.05) is 61.6 Å². The molecule has 2 N–H and O–H groups in total. The van der Waals surface area contributed by atoms with Crippen LogP contribution in [-0.2, 0) is 16.2 Å². The van der Waals surface area contributed by atoms with Gasteiger partial charge in [-0.3, -0.25) is 4.79 Å². The number of halogens is 4. The molecule has 0 aromatic heterocycles. The van der Waals surface area contributed by atoms with Crippen molar-refractivity contribution in [3.05, 3.63) is 95.6 Å². The summed E-state index contributed by atoms with van der Waals surface area (Å²) in [5.41, 5.74) is 10.5. The molecule has 0 radical (unpaired) electrons. The van der Waals surface area contributed by atoms with Crippen molar-refractivity contribution in [2.45, 2.75) is 78.6 Å². The van der Waals surface area contributed by atoms with Gasteiger partial charge in [-0.2, -0.15) is 0 Å². The van der Waals surface area contributed by atoms with Gasteiger partial charge in [-0.25, -0.2) is 8.78 Å². The molecule has 202 valence electrons. The van der Waals surface area contributed by atoms with Gasteiger partial charge in [0.05, 0.1) is 5.56 Å². The van der Waals surface area contributed by atoms with Crippen LogP contribution in [0.4, 0.5) is 14.5 Å². The molecule has 0 unspecified atom stereocenters. The Labute approximate surface area is 249 Å². The van der Waals surface area contributed by atoms with Gasteiger partial charge >= 0.3 is 0 Å². The van der Waals surface area contributed by atoms with Crippen LogP contribution in [0, 0.1) is 18.8 Å². The zero-order valence-electron chi connectivity index (χ0n) is 23.3. The lowest BCUT2D eigenvalue weighted by molar-refractivity contribution is 0.111. The SMILES string of the molecule is CC(C)(C)c1ccc(F)c(C=O)c1.CC(C)(C)c1ccc(F)c(I)c1.CC(C)(C)c1ccc(N)c(I)c1. The first-order valence-corrected chi connectivity index (χ1v) is 14.2. The molecule has 0 spiro atoms. The molecule has 0 saturated heterocycles. The molecule has 0 aliphatic carbocycles. The van der Waals surface area contributed by atoms with Crippen molar-refractivity contribution < 1.29 is 13.6 Å². The Balaban J connectivity index is 0.000000278. The van der Waals surface area contributed by atoms with Gasteiger partial charge in [0, 0.05) is 12.8 Å². The number of rotatable bonds is 1. The maximum Gasteiger partial charge on any atom is 0.153 e. The maximum absolute atomic E-state index is 12.9. The van der Waals surface area contributed by atoms with Crippen LogP contribution in [0.5, 0.6) is 0 Å². The number of nitrogens with two attached hydrogens (primary N) is 1. The molecule has 0 aliphatic rings. The fourth-order valence-corrected chi connectivity index (χ4v) is 4.09. The lowest BCUT2D eigenvalue weighted by Gasteiger charge is -2.19. The summed E-state index contributed by atoms with van der Waals surface area (Å²) in [6.07, 6.45) is 0.546. The van der Waals surface area contributed by atoms with E-state index >= 15 is 0 Å². The van der Waals surface area contributed by atoms with Crippen LogP contribution in [-0.4, -0.2) is 6.29 Å². The lowest BCUT2D eigenvalue weighted by atomic mass is 9.86. The van der Waals surface area contributed by atoms with Crippen molar-refractivity contribution in [3.8, 4) is 0 Å². The summed E-state index contributed by atoms with van der Waals surface area (Å²) in [5.74, 6) is -0.591. The van der Waals surface area contributed by atoms with Crippen molar-refractivity contribution >= 4 is 57.2 Å². The van der Waals surface area contributed by atoms with Crippen molar-refractivity contribution in [1.82, 2.24) is 0 Å². The number of nitrogen functional groups attached to an aromatic ring is 1. The third-order valence-corrected chi connectivity index (χ3v) is 7.40. The highest BCUT2D eigenvalue weighted by Crippen LogP contribution is 2.27. The number of carbonyl (C=O) groups is 1. The fourth-order valence-electron chi connectivity index (χ4n) is 3.06. The molecule has 0 saturated carbocycles. The van der Waals surface area contributed by atoms with E-state index in [0.717, 1.165) is 14.8 Å². The Morgan fingerprint density at radius 1 is 0.622 bits per heavy atom. The summed E-state index contributed by atoms with van der Waals surface area (Å²) in [6.45, 7) is 19.0. The van der Waals surface area contributed by atoms with Crippen LogP contribution >= 0.6 is 45.2 Å². The molecule has 0 fully saturated rings. The van der Waals surface area contributed by atoms with Crippen LogP contribution in [0.25, 0.3) is 0 Å². The Kier molecular flexibility index (Phi) is 12.2. The summed E-state index contributed by atoms with van der Waals surface area (Å²) >= 11 is 4.28. The molecule has 3 aromatic carbocycles. The van der Waals surface area contributed by atoms with Gasteiger partial charge in [-0.05, 0) is 115 Å². The van der Waals surface area contributed by atoms with Crippen molar-refractivity contribution in [3.63, 3.8) is 0 Å². The number of carbonyl (C=O) groups excluding carboxylic acids is 1. The zero-order valence-corrected chi connectivity index (χ0v) is 27.6. The molecular formula is C31H39F2I2NO. The standard InChI is InChI=1S/C11H13FO.C10H12FI.C10H14IN/c1-11(2,3)9-4-5-10(12)8(6-9)7-13;1-10(2,3)7-4-5-8(11)9(12)6-7;1-10(2,3)7-4-5-9(12)8(11)6-7/h4-7H,1-3H3;4-6H,1-3H3;4-6H,12H2,1-3H3. The van der Waals surface area contributed by atoms with E-state index in [1.165, 1.54) is 23.3 Å². The quantitative estimate of drug-likeness (QED) is 0.154. The summed E-state index contributed by atoms with van der Waals surface area (Å²) in [5, 5.41) is 0. The first-order valence-electron chi connectivity index (χ1n) is 12.0. The van der Waals surface area contributed by atoms with Crippen LogP contribution in [0.15, 0.2) is 54.6 Å². The molecular weight excluding hydrogens is 694 g/mol. The lowest BCUT2D eigenvalue weighted by Crippen LogP contribution is -2.11. The second-order valence-electron chi connectivity index (χ2n) is 12.0. The third-order valence-electron chi connectivity index (χ3n) is 5.64. The highest BCUT2D eigenvalue weighted by molar-refractivity contribution is 14.1. The first kappa shape index (κ1) is 33.5. The maximum atomic E-state index is 12.9. The smallest absolute Gasteiger partial charge is 0.153 e. The average molecular weight is 733 g/mol. The summed E-state index contributed by atoms with van der Waals surface area (Å²) < 4.78 is 27.6. The first-order chi connectivity index (χ1) is 16.8. The summed E-state index contributed by atoms with van der Waals surface area (Å²) in [4.78, 5) is 10.5. The molecule has 2 nitrogen and oxygen atoms in total. The fraction of sp³-hybridized carbons (Fsp3) is 0.387. The van der Waals surface area contributed by atoms with E-state index in [4.69, 9.17) is 5.73 Å². The second-order valence-corrected chi connectivity index (χ2v) is 14.3. The van der Waals surface area contributed by atoms with E-state index in [1.54, 1.807) is 12.1 Å². The normalized spacial score (nSPS) is 11.6. The third kappa shape index (κ3) is 11.0. The van der Waals surface area contributed by atoms with E-state index in [9.17, 15) is 13.6 Å². The molecule has 0 aliphatic heterocycles. The van der Waals surface area contributed by atoms with Gasteiger partial charge in [-0.15, -0.1) is 0 Å². The van der Waals surface area contributed by atoms with E-state index < -0.39 is 5.82 Å². The van der Waals surface area contributed by atoms with E-state index in [0.29, 0.717) is 9.86 Å². The minimum absolute atomic E-state index is 0.0501. The largest absolute Gasteiger partial charge is 0.398 e. The highest BCUT2D eigenvalue weighted by atomic mass is 127. The van der Waals surface area contributed by atoms with Crippen molar-refractivity contribution in [1.29, 1.82) is 0 Å². The van der Waals surface area contributed by atoms with Crippen LogP contribution < -0.4 is 5.73 Å².